The van der Waals surface area contributed by atoms with Gasteiger partial charge in [0.1, 0.15) is 0 Å². The fourth-order valence-corrected chi connectivity index (χ4v) is 2.71. The van der Waals surface area contributed by atoms with Gasteiger partial charge in [-0.15, -0.1) is 18.3 Å². The smallest absolute Gasteiger partial charge is 0.159 e. The summed E-state index contributed by atoms with van der Waals surface area (Å²) in [6.07, 6.45) is 1.85. The van der Waals surface area contributed by atoms with Crippen molar-refractivity contribution < 1.29 is 8.78 Å². The minimum Gasteiger partial charge on any atom is -0.378 e. The summed E-state index contributed by atoms with van der Waals surface area (Å²) in [5.41, 5.74) is 1.68. The Labute approximate surface area is 128 Å². The lowest BCUT2D eigenvalue weighted by Crippen LogP contribution is -2.08. The first-order chi connectivity index (χ1) is 10.1. The quantitative estimate of drug-likeness (QED) is 0.565. The lowest BCUT2D eigenvalue weighted by Gasteiger charge is -2.18. The number of thioether (sulfide) groups is 1. The molecule has 0 saturated carbocycles. The molecule has 2 aromatic carbocycles. The van der Waals surface area contributed by atoms with Gasteiger partial charge in [-0.3, -0.25) is 0 Å². The molecule has 0 bridgehead atoms. The molecule has 0 aliphatic rings. The van der Waals surface area contributed by atoms with E-state index in [1.54, 1.807) is 17.8 Å². The fourth-order valence-electron chi connectivity index (χ4n) is 1.96. The van der Waals surface area contributed by atoms with E-state index >= 15 is 0 Å². The van der Waals surface area contributed by atoms with Crippen LogP contribution in [0.1, 0.15) is 18.5 Å². The van der Waals surface area contributed by atoms with Crippen LogP contribution in [-0.4, -0.2) is 5.75 Å². The van der Waals surface area contributed by atoms with Crippen LogP contribution in [0.2, 0.25) is 0 Å². The third-order valence-electron chi connectivity index (χ3n) is 3.06. The molecule has 110 valence electrons. The maximum atomic E-state index is 13.3. The van der Waals surface area contributed by atoms with Gasteiger partial charge in [-0.05, 0) is 36.8 Å². The summed E-state index contributed by atoms with van der Waals surface area (Å²) in [7, 11) is 0. The number of rotatable bonds is 6. The van der Waals surface area contributed by atoms with Crippen molar-refractivity contribution in [2.45, 2.75) is 17.9 Å². The third kappa shape index (κ3) is 4.08. The standard InChI is InChI=1S/C17H17F2NS/c1-3-10-21-17-7-5-4-6-16(17)20-12(2)13-8-9-14(18)15(19)11-13/h3-9,11-12,20H,1,10H2,2H3. The van der Waals surface area contributed by atoms with Crippen molar-refractivity contribution in [2.75, 3.05) is 11.1 Å². The number of hydrogen-bond acceptors (Lipinski definition) is 2. The highest BCUT2D eigenvalue weighted by atomic mass is 32.2. The molecule has 1 N–H and O–H groups in total. The van der Waals surface area contributed by atoms with Gasteiger partial charge in [-0.25, -0.2) is 8.78 Å². The van der Waals surface area contributed by atoms with Crippen LogP contribution in [-0.2, 0) is 0 Å². The monoisotopic (exact) mass is 305 g/mol. The summed E-state index contributed by atoms with van der Waals surface area (Å²) in [6, 6.07) is 11.8. The normalized spacial score (nSPS) is 12.0. The van der Waals surface area contributed by atoms with Gasteiger partial charge in [0.15, 0.2) is 11.6 Å². The van der Waals surface area contributed by atoms with E-state index in [0.29, 0.717) is 5.56 Å². The Morgan fingerprint density at radius 3 is 2.67 bits per heavy atom. The van der Waals surface area contributed by atoms with Crippen molar-refractivity contribution in [3.8, 4) is 0 Å². The Kier molecular flexibility index (Phi) is 5.39. The van der Waals surface area contributed by atoms with Crippen LogP contribution in [0.4, 0.5) is 14.5 Å². The van der Waals surface area contributed by atoms with Crippen LogP contribution in [0.5, 0.6) is 0 Å². The van der Waals surface area contributed by atoms with Gasteiger partial charge < -0.3 is 5.32 Å². The third-order valence-corrected chi connectivity index (χ3v) is 4.13. The van der Waals surface area contributed by atoms with Gasteiger partial charge in [-0.2, -0.15) is 0 Å². The van der Waals surface area contributed by atoms with E-state index in [0.717, 1.165) is 22.4 Å². The predicted octanol–water partition coefficient (Wildman–Crippen LogP) is 5.42. The van der Waals surface area contributed by atoms with E-state index in [2.05, 4.69) is 11.9 Å². The first-order valence-electron chi connectivity index (χ1n) is 6.66. The van der Waals surface area contributed by atoms with Crippen molar-refractivity contribution in [1.82, 2.24) is 0 Å². The minimum atomic E-state index is -0.826. The molecule has 0 radical (unpaired) electrons. The maximum absolute atomic E-state index is 13.3. The highest BCUT2D eigenvalue weighted by molar-refractivity contribution is 7.99. The SMILES string of the molecule is C=CCSc1ccccc1NC(C)c1ccc(F)c(F)c1. The zero-order valence-electron chi connectivity index (χ0n) is 11.8. The van der Waals surface area contributed by atoms with Gasteiger partial charge in [0.2, 0.25) is 0 Å². The average Bonchev–Trinajstić information content (AvgIpc) is 2.49. The Hall–Kier alpha value is -1.81. The Morgan fingerprint density at radius 2 is 1.95 bits per heavy atom. The molecule has 0 aliphatic carbocycles. The molecule has 0 aliphatic heterocycles. The van der Waals surface area contributed by atoms with Crippen LogP contribution in [0.3, 0.4) is 0 Å². The molecule has 0 fully saturated rings. The molecule has 21 heavy (non-hydrogen) atoms. The molecule has 0 aromatic heterocycles. The number of hydrogen-bond donors (Lipinski definition) is 1. The summed E-state index contributed by atoms with van der Waals surface area (Å²) in [6.45, 7) is 5.63. The van der Waals surface area contributed by atoms with Crippen molar-refractivity contribution in [3.63, 3.8) is 0 Å². The molecule has 0 spiro atoms. The van der Waals surface area contributed by atoms with Crippen molar-refractivity contribution in [1.29, 1.82) is 0 Å². The predicted molar refractivity (Wildman–Crippen MR) is 85.8 cm³/mol. The maximum Gasteiger partial charge on any atom is 0.159 e. The molecule has 0 heterocycles. The summed E-state index contributed by atoms with van der Waals surface area (Å²) in [5.74, 6) is -0.832. The van der Waals surface area contributed by atoms with E-state index in [1.165, 1.54) is 6.07 Å². The molecular weight excluding hydrogens is 288 g/mol. The Balaban J connectivity index is 2.16. The highest BCUT2D eigenvalue weighted by Gasteiger charge is 2.11. The van der Waals surface area contributed by atoms with E-state index in [1.807, 2.05) is 37.3 Å². The van der Waals surface area contributed by atoms with Gasteiger partial charge in [-0.1, -0.05) is 24.3 Å². The first-order valence-corrected chi connectivity index (χ1v) is 7.64. The second kappa shape index (κ2) is 7.27. The van der Waals surface area contributed by atoms with Crippen molar-refractivity contribution in [3.05, 3.63) is 72.3 Å². The number of para-hydroxylation sites is 1. The zero-order chi connectivity index (χ0) is 15.2. The van der Waals surface area contributed by atoms with E-state index in [-0.39, 0.29) is 6.04 Å². The summed E-state index contributed by atoms with van der Waals surface area (Å²) in [5, 5.41) is 3.34. The summed E-state index contributed by atoms with van der Waals surface area (Å²) < 4.78 is 26.3. The fraction of sp³-hybridized carbons (Fsp3) is 0.176. The Morgan fingerprint density at radius 1 is 1.19 bits per heavy atom. The number of anilines is 1. The van der Waals surface area contributed by atoms with Crippen LogP contribution < -0.4 is 5.32 Å². The van der Waals surface area contributed by atoms with Crippen molar-refractivity contribution in [2.24, 2.45) is 0 Å². The molecule has 0 saturated heterocycles. The van der Waals surface area contributed by atoms with Crippen LogP contribution in [0, 0.1) is 11.6 Å². The average molecular weight is 305 g/mol. The van der Waals surface area contributed by atoms with Gasteiger partial charge >= 0.3 is 0 Å². The lowest BCUT2D eigenvalue weighted by molar-refractivity contribution is 0.506. The zero-order valence-corrected chi connectivity index (χ0v) is 12.6. The summed E-state index contributed by atoms with van der Waals surface area (Å²) >= 11 is 1.68. The number of benzene rings is 2. The van der Waals surface area contributed by atoms with Gasteiger partial charge in [0.05, 0.1) is 0 Å². The van der Waals surface area contributed by atoms with Crippen LogP contribution in [0.25, 0.3) is 0 Å². The minimum absolute atomic E-state index is 0.120. The molecule has 1 unspecified atom stereocenters. The van der Waals surface area contributed by atoms with E-state index in [4.69, 9.17) is 0 Å². The second-order valence-electron chi connectivity index (χ2n) is 4.64. The topological polar surface area (TPSA) is 12.0 Å². The van der Waals surface area contributed by atoms with Gasteiger partial charge in [0, 0.05) is 22.4 Å². The van der Waals surface area contributed by atoms with Crippen molar-refractivity contribution >= 4 is 17.4 Å². The first kappa shape index (κ1) is 15.6. The number of nitrogens with one attached hydrogen (secondary N) is 1. The van der Waals surface area contributed by atoms with Crippen LogP contribution in [0.15, 0.2) is 60.0 Å². The van der Waals surface area contributed by atoms with E-state index < -0.39 is 11.6 Å². The molecule has 2 rings (SSSR count). The largest absolute Gasteiger partial charge is 0.378 e. The van der Waals surface area contributed by atoms with E-state index in [9.17, 15) is 8.78 Å². The molecule has 2 aromatic rings. The summed E-state index contributed by atoms with van der Waals surface area (Å²) in [4.78, 5) is 1.10. The molecule has 4 heteroatoms. The second-order valence-corrected chi connectivity index (χ2v) is 5.70. The van der Waals surface area contributed by atoms with Crippen LogP contribution >= 0.6 is 11.8 Å². The molecular formula is C17H17F2NS. The highest BCUT2D eigenvalue weighted by Crippen LogP contribution is 2.30. The van der Waals surface area contributed by atoms with Gasteiger partial charge in [0.25, 0.3) is 0 Å². The Bertz CT molecular complexity index is 628. The number of halogens is 2. The molecule has 0 amide bonds. The molecule has 1 nitrogen and oxygen atoms in total. The molecule has 1 atom stereocenters. The lowest BCUT2D eigenvalue weighted by atomic mass is 10.1.